The molecule has 0 N–H and O–H groups in total. The number of halogens is 2. The first kappa shape index (κ1) is 19.8. The van der Waals surface area contributed by atoms with Crippen molar-refractivity contribution in [2.75, 3.05) is 26.7 Å². The fourth-order valence-electron chi connectivity index (χ4n) is 4.58. The number of rotatable bonds is 4. The summed E-state index contributed by atoms with van der Waals surface area (Å²) in [5, 5.41) is 1.30. The highest BCUT2D eigenvalue weighted by atomic mass is 35.5. The Morgan fingerprint density at radius 2 is 1.61 bits per heavy atom. The summed E-state index contributed by atoms with van der Waals surface area (Å²) in [7, 11) is 1.93. The molecule has 2 aliphatic rings. The number of piperidine rings is 1. The Morgan fingerprint density at radius 3 is 2.25 bits per heavy atom. The third kappa shape index (κ3) is 3.94. The minimum Gasteiger partial charge on any atom is -0.338 e. The van der Waals surface area contributed by atoms with E-state index in [1.54, 1.807) is 0 Å². The van der Waals surface area contributed by atoms with Crippen LogP contribution in [0.2, 0.25) is 10.0 Å². The van der Waals surface area contributed by atoms with Crippen LogP contribution in [0.15, 0.2) is 42.5 Å². The van der Waals surface area contributed by atoms with Gasteiger partial charge in [-0.1, -0.05) is 60.0 Å². The Morgan fingerprint density at radius 1 is 0.964 bits per heavy atom. The van der Waals surface area contributed by atoms with Gasteiger partial charge in [-0.2, -0.15) is 0 Å². The Bertz CT molecular complexity index is 826. The van der Waals surface area contributed by atoms with E-state index in [4.69, 9.17) is 23.2 Å². The summed E-state index contributed by atoms with van der Waals surface area (Å²) >= 11 is 12.7. The van der Waals surface area contributed by atoms with E-state index in [1.165, 1.54) is 24.8 Å². The fourth-order valence-corrected chi connectivity index (χ4v) is 5.20. The summed E-state index contributed by atoms with van der Waals surface area (Å²) in [6, 6.07) is 14.0. The second kappa shape index (κ2) is 8.44. The molecule has 28 heavy (non-hydrogen) atoms. The standard InChI is InChI=1S/C23H26Cl2N2O/c1-26-21(14-18(23(26)28)15-27-12-3-2-4-13-27)16-8-10-17(11-9-16)22-19(24)6-5-7-20(22)25/h5-11,18,21H,2-4,12-15H2,1H3. The maximum absolute atomic E-state index is 12.8. The maximum atomic E-state index is 12.8. The van der Waals surface area contributed by atoms with Crippen LogP contribution in [0.4, 0.5) is 0 Å². The van der Waals surface area contributed by atoms with E-state index in [-0.39, 0.29) is 17.9 Å². The highest BCUT2D eigenvalue weighted by Crippen LogP contribution is 2.38. The third-order valence-electron chi connectivity index (χ3n) is 6.15. The van der Waals surface area contributed by atoms with E-state index in [0.717, 1.165) is 37.2 Å². The lowest BCUT2D eigenvalue weighted by molar-refractivity contribution is -0.131. The minimum atomic E-state index is 0.103. The zero-order chi connectivity index (χ0) is 19.7. The number of amides is 1. The molecule has 0 saturated carbocycles. The molecular formula is C23H26Cl2N2O. The van der Waals surface area contributed by atoms with Gasteiger partial charge in [-0.05, 0) is 55.6 Å². The summed E-state index contributed by atoms with van der Waals surface area (Å²) in [4.78, 5) is 17.2. The summed E-state index contributed by atoms with van der Waals surface area (Å²) in [5.74, 6) is 0.375. The van der Waals surface area contributed by atoms with Gasteiger partial charge in [-0.3, -0.25) is 4.79 Å². The quantitative estimate of drug-likeness (QED) is 0.640. The van der Waals surface area contributed by atoms with Crippen molar-refractivity contribution in [1.82, 2.24) is 9.80 Å². The molecule has 0 spiro atoms. The lowest BCUT2D eigenvalue weighted by Gasteiger charge is -2.28. The molecule has 2 heterocycles. The van der Waals surface area contributed by atoms with E-state index in [1.807, 2.05) is 30.1 Å². The number of hydrogen-bond acceptors (Lipinski definition) is 2. The molecule has 4 rings (SSSR count). The van der Waals surface area contributed by atoms with Crippen LogP contribution in [-0.4, -0.2) is 42.4 Å². The maximum Gasteiger partial charge on any atom is 0.227 e. The van der Waals surface area contributed by atoms with Crippen molar-refractivity contribution >= 4 is 29.1 Å². The Labute approximate surface area is 177 Å². The van der Waals surface area contributed by atoms with Crippen molar-refractivity contribution in [3.63, 3.8) is 0 Å². The molecule has 0 aliphatic carbocycles. The molecule has 2 saturated heterocycles. The summed E-state index contributed by atoms with van der Waals surface area (Å²) in [6.45, 7) is 3.16. The monoisotopic (exact) mass is 416 g/mol. The number of carbonyl (C=O) groups is 1. The molecule has 2 aromatic carbocycles. The molecule has 2 aliphatic heterocycles. The molecular weight excluding hydrogens is 391 g/mol. The van der Waals surface area contributed by atoms with Crippen LogP contribution in [0.3, 0.4) is 0 Å². The van der Waals surface area contributed by atoms with Crippen molar-refractivity contribution in [3.05, 3.63) is 58.1 Å². The lowest BCUT2D eigenvalue weighted by atomic mass is 9.96. The molecule has 2 fully saturated rings. The van der Waals surface area contributed by atoms with Gasteiger partial charge >= 0.3 is 0 Å². The van der Waals surface area contributed by atoms with Crippen molar-refractivity contribution in [1.29, 1.82) is 0 Å². The second-order valence-electron chi connectivity index (χ2n) is 7.98. The summed E-state index contributed by atoms with van der Waals surface area (Å²) in [6.07, 6.45) is 4.72. The zero-order valence-corrected chi connectivity index (χ0v) is 17.7. The van der Waals surface area contributed by atoms with Crippen molar-refractivity contribution < 1.29 is 4.79 Å². The number of nitrogens with zero attached hydrogens (tertiary/aromatic N) is 2. The molecule has 5 heteroatoms. The largest absolute Gasteiger partial charge is 0.338 e. The lowest BCUT2D eigenvalue weighted by Crippen LogP contribution is -2.36. The van der Waals surface area contributed by atoms with Crippen molar-refractivity contribution in [2.24, 2.45) is 5.92 Å². The van der Waals surface area contributed by atoms with Crippen LogP contribution in [0, 0.1) is 5.92 Å². The van der Waals surface area contributed by atoms with Crippen LogP contribution in [-0.2, 0) is 4.79 Å². The molecule has 3 nitrogen and oxygen atoms in total. The predicted molar refractivity (Wildman–Crippen MR) is 116 cm³/mol. The van der Waals surface area contributed by atoms with Gasteiger partial charge in [0, 0.05) is 29.2 Å². The van der Waals surface area contributed by atoms with Crippen LogP contribution in [0.25, 0.3) is 11.1 Å². The van der Waals surface area contributed by atoms with Crippen LogP contribution in [0.5, 0.6) is 0 Å². The van der Waals surface area contributed by atoms with Crippen molar-refractivity contribution in [2.45, 2.75) is 31.7 Å². The van der Waals surface area contributed by atoms with E-state index >= 15 is 0 Å². The normalized spacial score (nSPS) is 23.4. The highest BCUT2D eigenvalue weighted by Gasteiger charge is 2.38. The summed E-state index contributed by atoms with van der Waals surface area (Å²) < 4.78 is 0. The smallest absolute Gasteiger partial charge is 0.227 e. The van der Waals surface area contributed by atoms with Gasteiger partial charge in [0.2, 0.25) is 5.91 Å². The Kier molecular flexibility index (Phi) is 5.96. The molecule has 2 atom stereocenters. The number of carbonyl (C=O) groups excluding carboxylic acids is 1. The Hall–Kier alpha value is -1.55. The van der Waals surface area contributed by atoms with Crippen molar-refractivity contribution in [3.8, 4) is 11.1 Å². The molecule has 1 amide bonds. The topological polar surface area (TPSA) is 23.6 Å². The van der Waals surface area contributed by atoms with E-state index < -0.39 is 0 Å². The SMILES string of the molecule is CN1C(=O)C(CN2CCCCC2)CC1c1ccc(-c2c(Cl)cccc2Cl)cc1. The first-order valence-electron chi connectivity index (χ1n) is 10.1. The molecule has 0 bridgehead atoms. The number of likely N-dealkylation sites (tertiary alicyclic amines) is 2. The fraction of sp³-hybridized carbons (Fsp3) is 0.435. The van der Waals surface area contributed by atoms with Gasteiger partial charge in [0.05, 0.1) is 12.0 Å². The van der Waals surface area contributed by atoms with Crippen LogP contribution in [0.1, 0.15) is 37.3 Å². The predicted octanol–water partition coefficient (Wildman–Crippen LogP) is 5.67. The van der Waals surface area contributed by atoms with Gasteiger partial charge in [0.1, 0.15) is 0 Å². The number of benzene rings is 2. The highest BCUT2D eigenvalue weighted by molar-refractivity contribution is 6.39. The van der Waals surface area contributed by atoms with Gasteiger partial charge in [0.15, 0.2) is 0 Å². The van der Waals surface area contributed by atoms with E-state index in [9.17, 15) is 4.79 Å². The second-order valence-corrected chi connectivity index (χ2v) is 8.79. The molecule has 2 unspecified atom stereocenters. The molecule has 2 aromatic rings. The average molecular weight is 417 g/mol. The average Bonchev–Trinajstić information content (AvgIpc) is 2.98. The van der Waals surface area contributed by atoms with E-state index in [2.05, 4.69) is 29.2 Å². The minimum absolute atomic E-state index is 0.103. The molecule has 0 aromatic heterocycles. The molecule has 148 valence electrons. The Balaban J connectivity index is 1.50. The number of hydrogen-bond donors (Lipinski definition) is 0. The molecule has 0 radical (unpaired) electrons. The zero-order valence-electron chi connectivity index (χ0n) is 16.2. The van der Waals surface area contributed by atoms with Gasteiger partial charge in [0.25, 0.3) is 0 Å². The summed E-state index contributed by atoms with van der Waals surface area (Å²) in [5.41, 5.74) is 3.02. The first-order chi connectivity index (χ1) is 13.5. The van der Waals surface area contributed by atoms with Gasteiger partial charge < -0.3 is 9.80 Å². The van der Waals surface area contributed by atoms with Crippen LogP contribution < -0.4 is 0 Å². The van der Waals surface area contributed by atoms with E-state index in [0.29, 0.717) is 10.0 Å². The van der Waals surface area contributed by atoms with Gasteiger partial charge in [-0.25, -0.2) is 0 Å². The first-order valence-corrected chi connectivity index (χ1v) is 10.8. The third-order valence-corrected chi connectivity index (χ3v) is 6.78. The van der Waals surface area contributed by atoms with Gasteiger partial charge in [-0.15, -0.1) is 0 Å². The van der Waals surface area contributed by atoms with Crippen LogP contribution >= 0.6 is 23.2 Å².